The molecule has 0 bridgehead atoms. The van der Waals surface area contributed by atoms with Crippen LogP contribution in [0.3, 0.4) is 0 Å². The summed E-state index contributed by atoms with van der Waals surface area (Å²) in [7, 11) is 0. The van der Waals surface area contributed by atoms with Crippen LogP contribution in [0.15, 0.2) is 0 Å². The van der Waals surface area contributed by atoms with Crippen LogP contribution in [-0.2, 0) is 0 Å². The molecule has 1 aliphatic rings. The maximum atomic E-state index is 8.99. The molecule has 1 rings (SSSR count). The highest BCUT2D eigenvalue weighted by Gasteiger charge is 2.20. The highest BCUT2D eigenvalue weighted by molar-refractivity contribution is 14.1. The third-order valence-corrected chi connectivity index (χ3v) is 2.44. The first-order chi connectivity index (χ1) is 3.83. The molecule has 0 aliphatic heterocycles. The summed E-state index contributed by atoms with van der Waals surface area (Å²) < 4.78 is 3.10. The Kier molecular flexibility index (Phi) is 2.52. The molecular formula is C5H10INO. The topological polar surface area (TPSA) is 32.3 Å². The van der Waals surface area contributed by atoms with E-state index in [0.29, 0.717) is 6.04 Å². The van der Waals surface area contributed by atoms with Crippen molar-refractivity contribution >= 4 is 22.9 Å². The van der Waals surface area contributed by atoms with Gasteiger partial charge in [0.15, 0.2) is 0 Å². The van der Waals surface area contributed by atoms with Crippen LogP contribution in [0.2, 0.25) is 0 Å². The van der Waals surface area contributed by atoms with E-state index in [4.69, 9.17) is 5.11 Å². The van der Waals surface area contributed by atoms with Gasteiger partial charge in [0.2, 0.25) is 0 Å². The average Bonchev–Trinajstić information content (AvgIpc) is 2.14. The summed E-state index contributed by atoms with van der Waals surface area (Å²) in [6, 6.07) is 0.561. The molecular weight excluding hydrogens is 217 g/mol. The first-order valence-electron chi connectivity index (χ1n) is 2.87. The molecule has 2 nitrogen and oxygen atoms in total. The van der Waals surface area contributed by atoms with Gasteiger partial charge in [0.05, 0.1) is 6.10 Å². The van der Waals surface area contributed by atoms with E-state index < -0.39 is 0 Å². The lowest BCUT2D eigenvalue weighted by Gasteiger charge is -2.02. The molecule has 0 aromatic heterocycles. The Morgan fingerprint density at radius 1 is 1.50 bits per heavy atom. The first kappa shape index (κ1) is 6.77. The van der Waals surface area contributed by atoms with Gasteiger partial charge in [-0.05, 0) is 19.3 Å². The lowest BCUT2D eigenvalue weighted by Crippen LogP contribution is -2.16. The van der Waals surface area contributed by atoms with Crippen molar-refractivity contribution in [3.63, 3.8) is 0 Å². The predicted molar refractivity (Wildman–Crippen MR) is 40.8 cm³/mol. The number of nitrogens with one attached hydrogen (secondary N) is 1. The second kappa shape index (κ2) is 2.98. The number of hydrogen-bond acceptors (Lipinski definition) is 2. The van der Waals surface area contributed by atoms with Crippen LogP contribution in [0.5, 0.6) is 0 Å². The quantitative estimate of drug-likeness (QED) is 0.514. The molecule has 0 saturated heterocycles. The van der Waals surface area contributed by atoms with E-state index >= 15 is 0 Å². The molecule has 0 aromatic rings. The number of aliphatic hydroxyl groups excluding tert-OH is 1. The Balaban J connectivity index is 2.22. The van der Waals surface area contributed by atoms with E-state index in [-0.39, 0.29) is 6.10 Å². The fraction of sp³-hybridized carbons (Fsp3) is 1.00. The Morgan fingerprint density at radius 3 is 2.50 bits per heavy atom. The normalized spacial score (nSPS) is 38.2. The minimum absolute atomic E-state index is 0.0396. The van der Waals surface area contributed by atoms with Gasteiger partial charge in [-0.25, -0.2) is 0 Å². The molecule has 2 atom stereocenters. The van der Waals surface area contributed by atoms with E-state index in [0.717, 1.165) is 19.3 Å². The molecule has 2 N–H and O–H groups in total. The Hall–Kier alpha value is 0.650. The maximum absolute atomic E-state index is 8.99. The summed E-state index contributed by atoms with van der Waals surface area (Å²) in [6.45, 7) is 0. The fourth-order valence-corrected chi connectivity index (χ4v) is 1.62. The van der Waals surface area contributed by atoms with E-state index in [9.17, 15) is 0 Å². The average molecular weight is 227 g/mol. The number of aliphatic hydroxyl groups is 1. The fourth-order valence-electron chi connectivity index (χ4n) is 1.06. The molecule has 1 fully saturated rings. The minimum atomic E-state index is -0.0396. The van der Waals surface area contributed by atoms with Gasteiger partial charge in [0, 0.05) is 28.9 Å². The van der Waals surface area contributed by atoms with Gasteiger partial charge in [0.25, 0.3) is 0 Å². The van der Waals surface area contributed by atoms with Gasteiger partial charge in [-0.3, -0.25) is 3.53 Å². The monoisotopic (exact) mass is 227 g/mol. The van der Waals surface area contributed by atoms with Gasteiger partial charge in [-0.2, -0.15) is 0 Å². The zero-order chi connectivity index (χ0) is 5.98. The molecule has 48 valence electrons. The molecule has 0 radical (unpaired) electrons. The molecule has 8 heavy (non-hydrogen) atoms. The van der Waals surface area contributed by atoms with Crippen molar-refractivity contribution in [1.29, 1.82) is 0 Å². The number of rotatable bonds is 1. The van der Waals surface area contributed by atoms with Crippen molar-refractivity contribution in [1.82, 2.24) is 3.53 Å². The highest BCUT2D eigenvalue weighted by Crippen LogP contribution is 2.18. The lowest BCUT2D eigenvalue weighted by atomic mass is 10.3. The summed E-state index contributed by atoms with van der Waals surface area (Å²) in [5.41, 5.74) is 0. The minimum Gasteiger partial charge on any atom is -0.393 e. The van der Waals surface area contributed by atoms with Gasteiger partial charge < -0.3 is 5.11 Å². The maximum Gasteiger partial charge on any atom is 0.0556 e. The molecule has 3 heteroatoms. The Labute approximate surface area is 63.2 Å². The van der Waals surface area contributed by atoms with Crippen LogP contribution in [-0.4, -0.2) is 17.3 Å². The number of halogens is 1. The van der Waals surface area contributed by atoms with E-state index in [1.54, 1.807) is 0 Å². The molecule has 0 aromatic carbocycles. The standard InChI is InChI=1S/C5H10INO/c6-7-4-1-2-5(8)3-4/h4-5,7-8H,1-3H2. The largest absolute Gasteiger partial charge is 0.393 e. The second-order valence-corrected chi connectivity index (χ2v) is 2.90. The summed E-state index contributed by atoms with van der Waals surface area (Å²) in [5, 5.41) is 8.99. The van der Waals surface area contributed by atoms with E-state index in [1.165, 1.54) is 0 Å². The third kappa shape index (κ3) is 1.56. The van der Waals surface area contributed by atoms with Crippen LogP contribution < -0.4 is 3.53 Å². The van der Waals surface area contributed by atoms with Crippen molar-refractivity contribution < 1.29 is 5.11 Å². The van der Waals surface area contributed by atoms with Crippen molar-refractivity contribution in [3.8, 4) is 0 Å². The summed E-state index contributed by atoms with van der Waals surface area (Å²) in [5.74, 6) is 0. The van der Waals surface area contributed by atoms with Crippen molar-refractivity contribution in [3.05, 3.63) is 0 Å². The number of hydrogen-bond donors (Lipinski definition) is 2. The molecule has 2 unspecified atom stereocenters. The SMILES string of the molecule is OC1CCC(NI)C1. The third-order valence-electron chi connectivity index (χ3n) is 1.56. The first-order valence-corrected chi connectivity index (χ1v) is 3.95. The van der Waals surface area contributed by atoms with Gasteiger partial charge in [-0.15, -0.1) is 0 Å². The van der Waals surface area contributed by atoms with Crippen LogP contribution in [0.25, 0.3) is 0 Å². The zero-order valence-corrected chi connectivity index (χ0v) is 6.76. The summed E-state index contributed by atoms with van der Waals surface area (Å²) >= 11 is 2.14. The van der Waals surface area contributed by atoms with E-state index in [1.807, 2.05) is 0 Å². The molecule has 1 saturated carbocycles. The smallest absolute Gasteiger partial charge is 0.0556 e. The van der Waals surface area contributed by atoms with Crippen LogP contribution in [0.4, 0.5) is 0 Å². The van der Waals surface area contributed by atoms with Gasteiger partial charge in [0.1, 0.15) is 0 Å². The van der Waals surface area contributed by atoms with Crippen LogP contribution in [0, 0.1) is 0 Å². The van der Waals surface area contributed by atoms with Crippen LogP contribution in [0.1, 0.15) is 19.3 Å². The zero-order valence-electron chi connectivity index (χ0n) is 4.60. The summed E-state index contributed by atoms with van der Waals surface area (Å²) in [6.07, 6.45) is 3.00. The van der Waals surface area contributed by atoms with Crippen molar-refractivity contribution in [2.24, 2.45) is 0 Å². The summed E-state index contributed by atoms with van der Waals surface area (Å²) in [4.78, 5) is 0. The molecule has 0 amide bonds. The Morgan fingerprint density at radius 2 is 2.25 bits per heavy atom. The van der Waals surface area contributed by atoms with Crippen molar-refractivity contribution in [2.75, 3.05) is 0 Å². The van der Waals surface area contributed by atoms with Crippen LogP contribution >= 0.6 is 22.9 Å². The van der Waals surface area contributed by atoms with Crippen molar-refractivity contribution in [2.45, 2.75) is 31.4 Å². The predicted octanol–water partition coefficient (Wildman–Crippen LogP) is 0.839. The van der Waals surface area contributed by atoms with E-state index in [2.05, 4.69) is 26.4 Å². The second-order valence-electron chi connectivity index (χ2n) is 2.27. The highest BCUT2D eigenvalue weighted by atomic mass is 127. The molecule has 0 heterocycles. The molecule has 0 spiro atoms. The lowest BCUT2D eigenvalue weighted by molar-refractivity contribution is 0.181. The molecule has 1 aliphatic carbocycles. The van der Waals surface area contributed by atoms with Gasteiger partial charge >= 0.3 is 0 Å². The van der Waals surface area contributed by atoms with Gasteiger partial charge in [-0.1, -0.05) is 0 Å². The Bertz CT molecular complexity index is 78.8.